The third kappa shape index (κ3) is 5.03. The highest BCUT2D eigenvalue weighted by Gasteiger charge is 2.34. The number of methoxy groups -OCH3 is 1. The van der Waals surface area contributed by atoms with Gasteiger partial charge in [-0.2, -0.15) is 0 Å². The van der Waals surface area contributed by atoms with Gasteiger partial charge in [-0.15, -0.1) is 0 Å². The van der Waals surface area contributed by atoms with Crippen molar-refractivity contribution in [1.82, 2.24) is 4.90 Å². The van der Waals surface area contributed by atoms with Crippen LogP contribution in [0.15, 0.2) is 48.5 Å². The lowest BCUT2D eigenvalue weighted by Gasteiger charge is -2.18. The molecule has 2 aromatic rings. The number of nitrogens with zero attached hydrogens (tertiary/aromatic N) is 1. The minimum atomic E-state index is -0.923. The molecule has 0 spiro atoms. The average Bonchev–Trinajstić information content (AvgIpc) is 3.07. The van der Waals surface area contributed by atoms with E-state index in [1.165, 1.54) is 5.56 Å². The van der Waals surface area contributed by atoms with Gasteiger partial charge in [-0.25, -0.2) is 0 Å². The fourth-order valence-corrected chi connectivity index (χ4v) is 3.34. The van der Waals surface area contributed by atoms with Crippen LogP contribution in [0.1, 0.15) is 24.0 Å². The van der Waals surface area contributed by atoms with Crippen molar-refractivity contribution in [2.75, 3.05) is 20.3 Å². The number of carbonyl (C=O) groups is 2. The molecule has 0 aromatic heterocycles. The zero-order chi connectivity index (χ0) is 19.9. The minimum absolute atomic E-state index is 0.0646. The van der Waals surface area contributed by atoms with Crippen LogP contribution in [0.4, 0.5) is 0 Å². The van der Waals surface area contributed by atoms with E-state index >= 15 is 0 Å². The zero-order valence-corrected chi connectivity index (χ0v) is 16.0. The van der Waals surface area contributed by atoms with Gasteiger partial charge < -0.3 is 19.5 Å². The third-order valence-electron chi connectivity index (χ3n) is 4.88. The van der Waals surface area contributed by atoms with Crippen molar-refractivity contribution in [3.05, 3.63) is 59.7 Å². The number of amides is 1. The molecule has 0 aliphatic carbocycles. The summed E-state index contributed by atoms with van der Waals surface area (Å²) in [5, 5.41) is 9.09. The summed E-state index contributed by atoms with van der Waals surface area (Å²) in [4.78, 5) is 24.7. The summed E-state index contributed by atoms with van der Waals surface area (Å²) in [6.07, 6.45) is 1.91. The maximum absolute atomic E-state index is 12.0. The van der Waals surface area contributed by atoms with E-state index < -0.39 is 11.9 Å². The second kappa shape index (κ2) is 9.26. The van der Waals surface area contributed by atoms with E-state index in [1.807, 2.05) is 36.4 Å². The number of hydrogen-bond acceptors (Lipinski definition) is 4. The highest BCUT2D eigenvalue weighted by Crippen LogP contribution is 2.30. The van der Waals surface area contributed by atoms with Crippen LogP contribution in [0, 0.1) is 5.92 Å². The average molecular weight is 383 g/mol. The number of carboxylic acids is 1. The zero-order valence-electron chi connectivity index (χ0n) is 16.0. The van der Waals surface area contributed by atoms with Crippen molar-refractivity contribution < 1.29 is 24.2 Å². The third-order valence-corrected chi connectivity index (χ3v) is 4.88. The smallest absolute Gasteiger partial charge is 0.308 e. The van der Waals surface area contributed by atoms with Crippen LogP contribution >= 0.6 is 0 Å². The van der Waals surface area contributed by atoms with Crippen LogP contribution in [0.25, 0.3) is 0 Å². The maximum Gasteiger partial charge on any atom is 0.308 e. The Labute approximate surface area is 164 Å². The number of aryl methyl sites for hydroxylation is 1. The Kier molecular flexibility index (Phi) is 6.53. The first-order valence-electron chi connectivity index (χ1n) is 9.41. The molecular formula is C22H25NO5. The highest BCUT2D eigenvalue weighted by atomic mass is 16.5. The predicted molar refractivity (Wildman–Crippen MR) is 104 cm³/mol. The van der Waals surface area contributed by atoms with Gasteiger partial charge in [0.1, 0.15) is 0 Å². The maximum atomic E-state index is 12.0. The van der Waals surface area contributed by atoms with Gasteiger partial charge in [-0.05, 0) is 36.1 Å². The summed E-state index contributed by atoms with van der Waals surface area (Å²) in [5.74, 6) is -0.406. The van der Waals surface area contributed by atoms with Crippen LogP contribution in [0.3, 0.4) is 0 Å². The Hall–Kier alpha value is -3.02. The van der Waals surface area contributed by atoms with Gasteiger partial charge in [0.05, 0.1) is 19.6 Å². The SMILES string of the molecule is COc1cc(CN2C[C@@H](C(=O)O)CC2=O)ccc1OCCCc1ccccc1. The molecule has 28 heavy (non-hydrogen) atoms. The number of aliphatic carboxylic acids is 1. The molecule has 1 N–H and O–H groups in total. The Balaban J connectivity index is 1.55. The van der Waals surface area contributed by atoms with Crippen LogP contribution in [0.5, 0.6) is 11.5 Å². The summed E-state index contributed by atoms with van der Waals surface area (Å²) in [5.41, 5.74) is 2.16. The van der Waals surface area contributed by atoms with Crippen molar-refractivity contribution in [3.63, 3.8) is 0 Å². The monoisotopic (exact) mass is 383 g/mol. The molecule has 148 valence electrons. The molecule has 3 rings (SSSR count). The molecule has 0 bridgehead atoms. The predicted octanol–water partition coefficient (Wildman–Crippen LogP) is 3.14. The number of carboxylic acid groups (broad SMARTS) is 1. The van der Waals surface area contributed by atoms with Crippen molar-refractivity contribution >= 4 is 11.9 Å². The molecule has 1 fully saturated rings. The molecule has 1 atom stereocenters. The molecule has 6 heteroatoms. The Bertz CT molecular complexity index is 821. The van der Waals surface area contributed by atoms with E-state index in [2.05, 4.69) is 12.1 Å². The Morgan fingerprint density at radius 1 is 1.14 bits per heavy atom. The normalized spacial score (nSPS) is 16.2. The van der Waals surface area contributed by atoms with Gasteiger partial charge in [0.25, 0.3) is 0 Å². The first-order valence-corrected chi connectivity index (χ1v) is 9.41. The minimum Gasteiger partial charge on any atom is -0.493 e. The molecule has 0 radical (unpaired) electrons. The van der Waals surface area contributed by atoms with Crippen LogP contribution in [-0.2, 0) is 22.6 Å². The molecule has 0 saturated carbocycles. The topological polar surface area (TPSA) is 76.1 Å². The van der Waals surface area contributed by atoms with Crippen LogP contribution < -0.4 is 9.47 Å². The molecule has 6 nitrogen and oxygen atoms in total. The molecule has 1 aliphatic rings. The lowest BCUT2D eigenvalue weighted by molar-refractivity contribution is -0.141. The first kappa shape index (κ1) is 19.7. The Morgan fingerprint density at radius 3 is 2.61 bits per heavy atom. The number of likely N-dealkylation sites (tertiary alicyclic amines) is 1. The van der Waals surface area contributed by atoms with Gasteiger partial charge in [0, 0.05) is 19.5 Å². The number of rotatable bonds is 9. The second-order valence-electron chi connectivity index (χ2n) is 6.94. The van der Waals surface area contributed by atoms with Crippen molar-refractivity contribution in [3.8, 4) is 11.5 Å². The fourth-order valence-electron chi connectivity index (χ4n) is 3.34. The summed E-state index contributed by atoms with van der Waals surface area (Å²) >= 11 is 0. The van der Waals surface area contributed by atoms with Gasteiger partial charge >= 0.3 is 5.97 Å². The molecule has 1 saturated heterocycles. The number of hydrogen-bond donors (Lipinski definition) is 1. The molecule has 2 aromatic carbocycles. The Morgan fingerprint density at radius 2 is 1.93 bits per heavy atom. The van der Waals surface area contributed by atoms with Gasteiger partial charge in [-0.1, -0.05) is 36.4 Å². The number of carbonyl (C=O) groups excluding carboxylic acids is 1. The van der Waals surface area contributed by atoms with Crippen LogP contribution in [-0.4, -0.2) is 42.1 Å². The summed E-state index contributed by atoms with van der Waals surface area (Å²) in [6, 6.07) is 15.8. The van der Waals surface area contributed by atoms with E-state index in [0.717, 1.165) is 18.4 Å². The second-order valence-corrected chi connectivity index (χ2v) is 6.94. The molecule has 1 heterocycles. The first-order chi connectivity index (χ1) is 13.6. The van der Waals surface area contributed by atoms with Gasteiger partial charge in [0.2, 0.25) is 5.91 Å². The lowest BCUT2D eigenvalue weighted by Crippen LogP contribution is -2.25. The summed E-state index contributed by atoms with van der Waals surface area (Å²) in [6.45, 7) is 1.19. The van der Waals surface area contributed by atoms with Crippen molar-refractivity contribution in [2.45, 2.75) is 25.8 Å². The van der Waals surface area contributed by atoms with E-state index in [1.54, 1.807) is 12.0 Å². The summed E-state index contributed by atoms with van der Waals surface area (Å²) < 4.78 is 11.3. The summed E-state index contributed by atoms with van der Waals surface area (Å²) in [7, 11) is 1.58. The van der Waals surface area contributed by atoms with Crippen LogP contribution in [0.2, 0.25) is 0 Å². The molecule has 1 amide bonds. The number of benzene rings is 2. The largest absolute Gasteiger partial charge is 0.493 e. The van der Waals surface area contributed by atoms with E-state index in [-0.39, 0.29) is 18.9 Å². The van der Waals surface area contributed by atoms with E-state index in [9.17, 15) is 9.59 Å². The molecule has 1 aliphatic heterocycles. The lowest BCUT2D eigenvalue weighted by atomic mass is 10.1. The van der Waals surface area contributed by atoms with Gasteiger partial charge in [0.15, 0.2) is 11.5 Å². The quantitative estimate of drug-likeness (QED) is 0.673. The van der Waals surface area contributed by atoms with Gasteiger partial charge in [-0.3, -0.25) is 9.59 Å². The molecule has 0 unspecified atom stereocenters. The van der Waals surface area contributed by atoms with Crippen molar-refractivity contribution in [2.24, 2.45) is 5.92 Å². The standard InChI is InChI=1S/C22H25NO5/c1-27-20-12-17(14-23-15-18(22(25)26)13-21(23)24)9-10-19(20)28-11-5-8-16-6-3-2-4-7-16/h2-4,6-7,9-10,12,18H,5,8,11,13-15H2,1H3,(H,25,26)/t18-/m0/s1. The molecular weight excluding hydrogens is 358 g/mol. The highest BCUT2D eigenvalue weighted by molar-refractivity contribution is 5.86. The fraction of sp³-hybridized carbons (Fsp3) is 0.364. The van der Waals surface area contributed by atoms with Crippen molar-refractivity contribution in [1.29, 1.82) is 0 Å². The number of ether oxygens (including phenoxy) is 2. The van der Waals surface area contributed by atoms with E-state index in [4.69, 9.17) is 14.6 Å². The van der Waals surface area contributed by atoms with E-state index in [0.29, 0.717) is 24.7 Å².